The number of nitrogens with zero attached hydrogens (tertiary/aromatic N) is 5. The van der Waals surface area contributed by atoms with Gasteiger partial charge in [0.1, 0.15) is 12.2 Å². The van der Waals surface area contributed by atoms with E-state index in [4.69, 9.17) is 4.42 Å². The van der Waals surface area contributed by atoms with Gasteiger partial charge in [-0.2, -0.15) is 5.10 Å². The van der Waals surface area contributed by atoms with E-state index in [1.807, 2.05) is 25.1 Å². The molecule has 0 spiro atoms. The van der Waals surface area contributed by atoms with Crippen molar-refractivity contribution in [3.63, 3.8) is 0 Å². The highest BCUT2D eigenvalue weighted by Crippen LogP contribution is 2.29. The molecule has 0 atom stereocenters. The third-order valence-electron chi connectivity index (χ3n) is 5.40. The average molecular weight is 436 g/mol. The number of furan rings is 1. The fourth-order valence-electron chi connectivity index (χ4n) is 3.83. The standard InChI is InChI=1S/C22H21N5O3S/c1-15-23-20-21(31-15)19(17-8-5-13-30-17)24-27(22(20)29)14-18(28)26-11-9-25(10-12-26)16-6-3-2-4-7-16/h2-8,13H,9-12,14H2,1H3. The molecule has 8 nitrogen and oxygen atoms in total. The Morgan fingerprint density at radius 2 is 1.87 bits per heavy atom. The predicted octanol–water partition coefficient (Wildman–Crippen LogP) is 2.77. The molecule has 0 N–H and O–H groups in total. The van der Waals surface area contributed by atoms with Crippen LogP contribution in [0.3, 0.4) is 0 Å². The van der Waals surface area contributed by atoms with Crippen LogP contribution < -0.4 is 10.5 Å². The van der Waals surface area contributed by atoms with E-state index in [0.29, 0.717) is 34.8 Å². The van der Waals surface area contributed by atoms with Gasteiger partial charge in [0.15, 0.2) is 11.3 Å². The molecule has 31 heavy (non-hydrogen) atoms. The van der Waals surface area contributed by atoms with E-state index in [1.54, 1.807) is 23.3 Å². The van der Waals surface area contributed by atoms with Crippen LogP contribution in [-0.4, -0.2) is 51.8 Å². The van der Waals surface area contributed by atoms with Crippen LogP contribution in [0.5, 0.6) is 0 Å². The van der Waals surface area contributed by atoms with Crippen LogP contribution in [0.2, 0.25) is 0 Å². The number of carbonyl (C=O) groups excluding carboxylic acids is 1. The van der Waals surface area contributed by atoms with Gasteiger partial charge < -0.3 is 14.2 Å². The average Bonchev–Trinajstić information content (AvgIpc) is 3.46. The summed E-state index contributed by atoms with van der Waals surface area (Å²) in [5.41, 5.74) is 1.66. The second-order valence-electron chi connectivity index (χ2n) is 7.40. The number of aromatic nitrogens is 3. The molecular weight excluding hydrogens is 414 g/mol. The van der Waals surface area contributed by atoms with Crippen molar-refractivity contribution >= 4 is 33.1 Å². The molecule has 158 valence electrons. The maximum absolute atomic E-state index is 13.0. The summed E-state index contributed by atoms with van der Waals surface area (Å²) in [5, 5.41) is 5.24. The van der Waals surface area contributed by atoms with Crippen molar-refractivity contribution in [2.75, 3.05) is 31.1 Å². The van der Waals surface area contributed by atoms with Crippen molar-refractivity contribution in [2.45, 2.75) is 13.5 Å². The molecule has 5 rings (SSSR count). The lowest BCUT2D eigenvalue weighted by atomic mass is 10.2. The number of benzene rings is 1. The van der Waals surface area contributed by atoms with Gasteiger partial charge in [-0.25, -0.2) is 9.67 Å². The van der Waals surface area contributed by atoms with Crippen LogP contribution in [0.15, 0.2) is 57.9 Å². The normalized spacial score (nSPS) is 14.4. The first-order valence-corrected chi connectivity index (χ1v) is 10.9. The lowest BCUT2D eigenvalue weighted by molar-refractivity contribution is -0.132. The summed E-state index contributed by atoms with van der Waals surface area (Å²) in [5.74, 6) is 0.422. The maximum Gasteiger partial charge on any atom is 0.294 e. The molecular formula is C22H21N5O3S. The van der Waals surface area contributed by atoms with Crippen LogP contribution in [-0.2, 0) is 11.3 Å². The van der Waals surface area contributed by atoms with Crippen LogP contribution >= 0.6 is 11.3 Å². The van der Waals surface area contributed by atoms with E-state index in [9.17, 15) is 9.59 Å². The molecule has 1 saturated heterocycles. The minimum Gasteiger partial charge on any atom is -0.463 e. The zero-order valence-corrected chi connectivity index (χ0v) is 17.8. The molecule has 0 aliphatic carbocycles. The minimum atomic E-state index is -0.356. The topological polar surface area (TPSA) is 84.5 Å². The lowest BCUT2D eigenvalue weighted by Gasteiger charge is -2.36. The Bertz CT molecular complexity index is 1270. The number of amides is 1. The first kappa shape index (κ1) is 19.5. The highest BCUT2D eigenvalue weighted by atomic mass is 32.1. The zero-order chi connectivity index (χ0) is 21.4. The summed E-state index contributed by atoms with van der Waals surface area (Å²) in [6.07, 6.45) is 1.56. The Balaban J connectivity index is 1.38. The Morgan fingerprint density at radius 3 is 2.58 bits per heavy atom. The summed E-state index contributed by atoms with van der Waals surface area (Å²) in [6.45, 7) is 4.43. The first-order valence-electron chi connectivity index (χ1n) is 10.1. The molecule has 4 heterocycles. The fraction of sp³-hybridized carbons (Fsp3) is 0.273. The number of carbonyl (C=O) groups is 1. The number of piperazine rings is 1. The van der Waals surface area contributed by atoms with Gasteiger partial charge in [0.05, 0.1) is 16.0 Å². The lowest BCUT2D eigenvalue weighted by Crippen LogP contribution is -2.50. The van der Waals surface area contributed by atoms with Gasteiger partial charge in [0, 0.05) is 31.9 Å². The van der Waals surface area contributed by atoms with Gasteiger partial charge in [-0.15, -0.1) is 11.3 Å². The molecule has 3 aromatic heterocycles. The van der Waals surface area contributed by atoms with Crippen molar-refractivity contribution in [1.29, 1.82) is 0 Å². The largest absolute Gasteiger partial charge is 0.463 e. The number of anilines is 1. The van der Waals surface area contributed by atoms with Gasteiger partial charge in [-0.3, -0.25) is 9.59 Å². The number of thiazole rings is 1. The molecule has 0 saturated carbocycles. The Hall–Kier alpha value is -3.46. The molecule has 0 unspecified atom stereocenters. The summed E-state index contributed by atoms with van der Waals surface area (Å²) >= 11 is 1.40. The van der Waals surface area contributed by atoms with Crippen LogP contribution in [0.1, 0.15) is 5.01 Å². The number of para-hydroxylation sites is 1. The molecule has 1 aliphatic heterocycles. The summed E-state index contributed by atoms with van der Waals surface area (Å²) in [6, 6.07) is 13.7. The SMILES string of the molecule is Cc1nc2c(=O)n(CC(=O)N3CCN(c4ccccc4)CC3)nc(-c3ccco3)c2s1. The Kier molecular flexibility index (Phi) is 5.03. The maximum atomic E-state index is 13.0. The van der Waals surface area contributed by atoms with Crippen molar-refractivity contribution in [1.82, 2.24) is 19.7 Å². The summed E-state index contributed by atoms with van der Waals surface area (Å²) < 4.78 is 7.40. The van der Waals surface area contributed by atoms with E-state index in [1.165, 1.54) is 16.0 Å². The molecule has 1 amide bonds. The van der Waals surface area contributed by atoms with Gasteiger partial charge >= 0.3 is 0 Å². The zero-order valence-electron chi connectivity index (χ0n) is 17.0. The van der Waals surface area contributed by atoms with E-state index in [2.05, 4.69) is 27.1 Å². The summed E-state index contributed by atoms with van der Waals surface area (Å²) in [4.78, 5) is 34.3. The highest BCUT2D eigenvalue weighted by molar-refractivity contribution is 7.19. The quantitative estimate of drug-likeness (QED) is 0.490. The molecule has 4 aromatic rings. The summed E-state index contributed by atoms with van der Waals surface area (Å²) in [7, 11) is 0. The van der Waals surface area contributed by atoms with Gasteiger partial charge in [0.2, 0.25) is 5.91 Å². The second-order valence-corrected chi connectivity index (χ2v) is 8.61. The van der Waals surface area contributed by atoms with Crippen LogP contribution in [0.4, 0.5) is 5.69 Å². The van der Waals surface area contributed by atoms with Crippen molar-refractivity contribution < 1.29 is 9.21 Å². The van der Waals surface area contributed by atoms with Gasteiger partial charge in [-0.1, -0.05) is 18.2 Å². The second kappa shape index (κ2) is 7.99. The van der Waals surface area contributed by atoms with Crippen LogP contribution in [0.25, 0.3) is 21.7 Å². The van der Waals surface area contributed by atoms with Crippen molar-refractivity contribution in [3.05, 3.63) is 64.1 Å². The number of fused-ring (bicyclic) bond motifs is 1. The van der Waals surface area contributed by atoms with E-state index in [-0.39, 0.29) is 18.0 Å². The van der Waals surface area contributed by atoms with E-state index in [0.717, 1.165) is 23.8 Å². The number of hydrogen-bond donors (Lipinski definition) is 0. The third-order valence-corrected chi connectivity index (χ3v) is 6.38. The first-order chi connectivity index (χ1) is 15.1. The number of aryl methyl sites for hydroxylation is 1. The number of hydrogen-bond acceptors (Lipinski definition) is 7. The van der Waals surface area contributed by atoms with Crippen molar-refractivity contribution in [3.8, 4) is 11.5 Å². The molecule has 1 fully saturated rings. The van der Waals surface area contributed by atoms with Gasteiger partial charge in [0.25, 0.3) is 5.56 Å². The predicted molar refractivity (Wildman–Crippen MR) is 119 cm³/mol. The van der Waals surface area contributed by atoms with Crippen molar-refractivity contribution in [2.24, 2.45) is 0 Å². The highest BCUT2D eigenvalue weighted by Gasteiger charge is 2.24. The van der Waals surface area contributed by atoms with Gasteiger partial charge in [-0.05, 0) is 31.2 Å². The Labute approximate surface area is 182 Å². The fourth-order valence-corrected chi connectivity index (χ4v) is 4.73. The Morgan fingerprint density at radius 1 is 1.10 bits per heavy atom. The molecule has 0 radical (unpaired) electrons. The number of rotatable bonds is 4. The smallest absolute Gasteiger partial charge is 0.294 e. The monoisotopic (exact) mass is 435 g/mol. The van der Waals surface area contributed by atoms with Crippen LogP contribution in [0, 0.1) is 6.92 Å². The molecule has 9 heteroatoms. The third kappa shape index (κ3) is 3.72. The molecule has 1 aliphatic rings. The molecule has 0 bridgehead atoms. The molecule has 1 aromatic carbocycles. The minimum absolute atomic E-state index is 0.121. The van der Waals surface area contributed by atoms with E-state index >= 15 is 0 Å². The van der Waals surface area contributed by atoms with E-state index < -0.39 is 0 Å².